The summed E-state index contributed by atoms with van der Waals surface area (Å²) < 4.78 is 0. The van der Waals surface area contributed by atoms with Gasteiger partial charge >= 0.3 is 17.9 Å². The van der Waals surface area contributed by atoms with Crippen molar-refractivity contribution in [2.75, 3.05) is 13.6 Å². The van der Waals surface area contributed by atoms with E-state index in [1.165, 1.54) is 50.5 Å². The number of pyridine rings is 1. The van der Waals surface area contributed by atoms with Gasteiger partial charge in [0.05, 0.1) is 5.92 Å². The molecule has 0 aromatic carbocycles. The highest BCUT2D eigenvalue weighted by Gasteiger charge is 2.57. The summed E-state index contributed by atoms with van der Waals surface area (Å²) in [5.41, 5.74) is 5.19. The number of carbonyl (C=O) groups is 3. The van der Waals surface area contributed by atoms with Gasteiger partial charge in [-0.2, -0.15) is 0 Å². The summed E-state index contributed by atoms with van der Waals surface area (Å²) >= 11 is 0. The number of fused-ring (bicyclic) bond motifs is 5. The molecule has 2 unspecified atom stereocenters. The second-order valence-corrected chi connectivity index (χ2v) is 13.9. The van der Waals surface area contributed by atoms with Crippen molar-refractivity contribution in [1.29, 1.82) is 0 Å². The Bertz CT molecular complexity index is 1300. The highest BCUT2D eigenvalue weighted by atomic mass is 16.4. The molecule has 3 N–H and O–H groups in total. The monoisotopic (exact) mass is 590 g/mol. The zero-order valence-corrected chi connectivity index (χ0v) is 25.6. The lowest BCUT2D eigenvalue weighted by atomic mass is 9.46. The molecule has 2 saturated carbocycles. The second-order valence-electron chi connectivity index (χ2n) is 13.9. The maximum atomic E-state index is 11.7. The summed E-state index contributed by atoms with van der Waals surface area (Å²) in [5, 5.41) is 25.3. The van der Waals surface area contributed by atoms with E-state index < -0.39 is 17.9 Å². The molecule has 3 fully saturated rings. The van der Waals surface area contributed by atoms with Gasteiger partial charge in [-0.1, -0.05) is 37.6 Å². The van der Waals surface area contributed by atoms with E-state index in [1.807, 2.05) is 6.20 Å². The minimum Gasteiger partial charge on any atom is -0.481 e. The molecule has 0 bridgehead atoms. The molecule has 1 aromatic heterocycles. The Kier molecular flexibility index (Phi) is 8.98. The molecule has 0 radical (unpaired) electrons. The van der Waals surface area contributed by atoms with Gasteiger partial charge in [0.1, 0.15) is 0 Å². The topological polar surface area (TPSA) is 128 Å². The van der Waals surface area contributed by atoms with E-state index in [2.05, 4.69) is 61.3 Å². The summed E-state index contributed by atoms with van der Waals surface area (Å²) in [4.78, 5) is 37.7. The van der Waals surface area contributed by atoms with Crippen LogP contribution in [0.15, 0.2) is 54.4 Å². The maximum absolute atomic E-state index is 11.7. The average Bonchev–Trinajstić information content (AvgIpc) is 3.34. The van der Waals surface area contributed by atoms with Crippen LogP contribution in [0.25, 0.3) is 5.57 Å². The van der Waals surface area contributed by atoms with Gasteiger partial charge in [0.15, 0.2) is 0 Å². The lowest BCUT2D eigenvalue weighted by Gasteiger charge is -2.58. The molecule has 8 nitrogen and oxygen atoms in total. The van der Waals surface area contributed by atoms with E-state index in [4.69, 9.17) is 10.2 Å². The van der Waals surface area contributed by atoms with Gasteiger partial charge in [0, 0.05) is 30.6 Å². The lowest BCUT2D eigenvalue weighted by Crippen LogP contribution is -2.52. The zero-order valence-electron chi connectivity index (χ0n) is 25.6. The zero-order chi connectivity index (χ0) is 30.9. The van der Waals surface area contributed by atoms with Crippen molar-refractivity contribution in [3.63, 3.8) is 0 Å². The number of allylic oxidation sites excluding steroid dienone is 4. The molecule has 8 heteroatoms. The van der Waals surface area contributed by atoms with Crippen molar-refractivity contribution in [2.24, 2.45) is 40.4 Å². The number of nitrogens with zero attached hydrogens (tertiary/aromatic N) is 2. The standard InChI is InChI=1S/C31H42N2O2.C4H4O4/c1-30-13-10-20(28-18-21(29(34)35)12-16-33(28)3)17-23(30)6-7-24-26-9-8-25(22-5-4-15-32-19-22)31(26,2)14-11-27(24)30;5-3(6)1-2-4(7)8/h4-6,8,15,19-21,24,26-28H,7,9-14,16-18H2,1-3H3,(H,34,35);1-2H,(H,5,6)(H,7,8)/b;2-1-/t20-,21?,24-,26-,27-,28?,30-,31+;/m0./s1. The molecular formula is C35H46N2O6. The van der Waals surface area contributed by atoms with Crippen molar-refractivity contribution in [3.8, 4) is 0 Å². The molecule has 2 heterocycles. The van der Waals surface area contributed by atoms with Crippen LogP contribution in [0.5, 0.6) is 0 Å². The summed E-state index contributed by atoms with van der Waals surface area (Å²) in [6.45, 7) is 6.05. The van der Waals surface area contributed by atoms with Crippen molar-refractivity contribution in [2.45, 2.75) is 77.7 Å². The van der Waals surface area contributed by atoms with Crippen molar-refractivity contribution >= 4 is 23.5 Å². The van der Waals surface area contributed by atoms with Crippen LogP contribution in [0.1, 0.15) is 77.2 Å². The largest absolute Gasteiger partial charge is 0.481 e. The van der Waals surface area contributed by atoms with Crippen LogP contribution in [0.3, 0.4) is 0 Å². The quantitative estimate of drug-likeness (QED) is 0.275. The van der Waals surface area contributed by atoms with Crippen LogP contribution in [-0.4, -0.2) is 62.7 Å². The molecule has 6 rings (SSSR count). The van der Waals surface area contributed by atoms with Crippen LogP contribution in [0, 0.1) is 40.4 Å². The number of aromatic nitrogens is 1. The van der Waals surface area contributed by atoms with Crippen molar-refractivity contribution < 1.29 is 29.7 Å². The third-order valence-electron chi connectivity index (χ3n) is 11.9. The third kappa shape index (κ3) is 6.08. The fourth-order valence-electron chi connectivity index (χ4n) is 9.59. The fourth-order valence-corrected chi connectivity index (χ4v) is 9.59. The summed E-state index contributed by atoms with van der Waals surface area (Å²) in [6, 6.07) is 4.75. The Morgan fingerprint density at radius 2 is 1.67 bits per heavy atom. The maximum Gasteiger partial charge on any atom is 0.328 e. The number of rotatable bonds is 5. The summed E-state index contributed by atoms with van der Waals surface area (Å²) in [7, 11) is 2.22. The van der Waals surface area contributed by atoms with Gasteiger partial charge in [0.2, 0.25) is 0 Å². The number of piperidine rings is 1. The Labute approximate surface area is 254 Å². The van der Waals surface area contributed by atoms with E-state index in [1.54, 1.807) is 11.1 Å². The Morgan fingerprint density at radius 1 is 0.953 bits per heavy atom. The number of carboxylic acid groups (broad SMARTS) is 3. The molecule has 43 heavy (non-hydrogen) atoms. The van der Waals surface area contributed by atoms with E-state index >= 15 is 0 Å². The normalized spacial score (nSPS) is 37.1. The van der Waals surface area contributed by atoms with E-state index in [0.717, 1.165) is 37.1 Å². The van der Waals surface area contributed by atoms with E-state index in [-0.39, 0.29) is 11.3 Å². The van der Waals surface area contributed by atoms with Crippen LogP contribution in [0.2, 0.25) is 0 Å². The highest BCUT2D eigenvalue weighted by molar-refractivity contribution is 5.89. The Morgan fingerprint density at radius 3 is 2.33 bits per heavy atom. The molecule has 232 valence electrons. The molecule has 1 aromatic rings. The van der Waals surface area contributed by atoms with Crippen LogP contribution in [-0.2, 0) is 14.4 Å². The summed E-state index contributed by atoms with van der Waals surface area (Å²) in [5.74, 6) is -0.350. The Hall–Kier alpha value is -3.26. The first kappa shape index (κ1) is 31.2. The van der Waals surface area contributed by atoms with Gasteiger partial charge in [-0.05, 0) is 123 Å². The Balaban J connectivity index is 0.000000407. The van der Waals surface area contributed by atoms with E-state index in [9.17, 15) is 19.5 Å². The summed E-state index contributed by atoms with van der Waals surface area (Å²) in [6.07, 6.45) is 20.7. The fraction of sp³-hybridized carbons (Fsp3) is 0.600. The van der Waals surface area contributed by atoms with Gasteiger partial charge in [-0.25, -0.2) is 9.59 Å². The van der Waals surface area contributed by atoms with Gasteiger partial charge in [-0.15, -0.1) is 0 Å². The molecule has 8 atom stereocenters. The molecular weight excluding hydrogens is 544 g/mol. The SMILES string of the molecule is CN1CCC(C(=O)O)CC1[C@H]1CC[C@@]2(C)C(=CC[C@@H]3[C@@H]2CC[C@]2(C)C(c4cccnc4)=CC[C@@H]32)C1.O=C(O)/C=C\C(=O)O. The minimum absolute atomic E-state index is 0.158. The molecule has 1 saturated heterocycles. The van der Waals surface area contributed by atoms with Gasteiger partial charge in [-0.3, -0.25) is 9.78 Å². The molecule has 5 aliphatic rings. The van der Waals surface area contributed by atoms with Gasteiger partial charge in [0.25, 0.3) is 0 Å². The minimum atomic E-state index is -1.26. The molecule has 1 aliphatic heterocycles. The van der Waals surface area contributed by atoms with Crippen LogP contribution < -0.4 is 0 Å². The number of carboxylic acids is 3. The average molecular weight is 591 g/mol. The van der Waals surface area contributed by atoms with Gasteiger partial charge < -0.3 is 20.2 Å². The molecule has 4 aliphatic carbocycles. The van der Waals surface area contributed by atoms with E-state index in [0.29, 0.717) is 29.5 Å². The van der Waals surface area contributed by atoms with Crippen molar-refractivity contribution in [1.82, 2.24) is 9.88 Å². The predicted octanol–water partition coefficient (Wildman–Crippen LogP) is 6.16. The number of likely N-dealkylation sites (tertiary alicyclic amines) is 1. The first-order valence-corrected chi connectivity index (χ1v) is 15.8. The molecule has 0 amide bonds. The van der Waals surface area contributed by atoms with Crippen LogP contribution in [0.4, 0.5) is 0 Å². The predicted molar refractivity (Wildman–Crippen MR) is 164 cm³/mol. The molecule has 0 spiro atoms. The third-order valence-corrected chi connectivity index (χ3v) is 11.9. The van der Waals surface area contributed by atoms with Crippen molar-refractivity contribution in [3.05, 3.63) is 60.0 Å². The number of hydrogen-bond donors (Lipinski definition) is 3. The first-order valence-electron chi connectivity index (χ1n) is 15.8. The second kappa shape index (κ2) is 12.4. The lowest BCUT2D eigenvalue weighted by molar-refractivity contribution is -0.144. The smallest absolute Gasteiger partial charge is 0.328 e. The highest BCUT2D eigenvalue weighted by Crippen LogP contribution is 2.66. The first-order chi connectivity index (χ1) is 20.4. The van der Waals surface area contributed by atoms with Crippen LogP contribution >= 0.6 is 0 Å². The number of hydrogen-bond acceptors (Lipinski definition) is 5. The number of aliphatic carboxylic acids is 3.